The number of carbonyl (C=O) groups excluding carboxylic acids is 1. The molecule has 0 radical (unpaired) electrons. The molecule has 0 aliphatic carbocycles. The van der Waals surface area contributed by atoms with Crippen LogP contribution in [0.15, 0.2) is 54.6 Å². The number of carboxylic acids is 1. The standard InChI is InChI=1S/C31H40N2O3.C2HF3O2/c1-2-3-4-5-6-10-29(34)33(18-20-36-22-21-35-19-17-32)23-27-14-13-26-12-11-24-8-7-9-25-15-16-28(27)31(26)30(24)25;3-2(4,5)1(6)7/h7-9,11-16H,2-6,10,17-23,32H2,1H3;(H,6,7). The third kappa shape index (κ3) is 10.0. The van der Waals surface area contributed by atoms with Crippen LogP contribution >= 0.6 is 0 Å². The van der Waals surface area contributed by atoms with Gasteiger partial charge in [0.2, 0.25) is 5.91 Å². The van der Waals surface area contributed by atoms with Crippen molar-refractivity contribution in [3.63, 3.8) is 0 Å². The fraction of sp³-hybridized carbons (Fsp3) is 0.455. The van der Waals surface area contributed by atoms with Gasteiger partial charge < -0.3 is 25.2 Å². The fourth-order valence-corrected chi connectivity index (χ4v) is 5.05. The van der Waals surface area contributed by atoms with Gasteiger partial charge in [-0.1, -0.05) is 87.2 Å². The molecule has 0 unspecified atom stereocenters. The van der Waals surface area contributed by atoms with Gasteiger partial charge in [0.25, 0.3) is 0 Å². The van der Waals surface area contributed by atoms with Crippen LogP contribution in [0.3, 0.4) is 0 Å². The van der Waals surface area contributed by atoms with Gasteiger partial charge >= 0.3 is 12.1 Å². The Bertz CT molecular complexity index is 1430. The van der Waals surface area contributed by atoms with Crippen LogP contribution in [0.25, 0.3) is 32.3 Å². The summed E-state index contributed by atoms with van der Waals surface area (Å²) in [6.07, 6.45) is 1.21. The number of unbranched alkanes of at least 4 members (excludes halogenated alkanes) is 4. The number of carboxylic acid groups (broad SMARTS) is 1. The molecule has 10 heteroatoms. The molecule has 0 aliphatic heterocycles. The molecule has 4 aromatic carbocycles. The molecule has 0 spiro atoms. The van der Waals surface area contributed by atoms with Gasteiger partial charge in [0.1, 0.15) is 0 Å². The maximum absolute atomic E-state index is 13.3. The number of nitrogens with zero attached hydrogens (tertiary/aromatic N) is 1. The molecule has 0 atom stereocenters. The first kappa shape index (κ1) is 34.0. The first-order chi connectivity index (χ1) is 20.7. The lowest BCUT2D eigenvalue weighted by Gasteiger charge is -2.24. The molecular formula is C33H41F3N2O5. The van der Waals surface area contributed by atoms with Crippen LogP contribution in [0.1, 0.15) is 51.0 Å². The molecule has 0 fully saturated rings. The fourth-order valence-electron chi connectivity index (χ4n) is 5.05. The molecule has 1 amide bonds. The second-order valence-corrected chi connectivity index (χ2v) is 10.4. The van der Waals surface area contributed by atoms with E-state index in [9.17, 15) is 18.0 Å². The Morgan fingerprint density at radius 2 is 1.40 bits per heavy atom. The topological polar surface area (TPSA) is 102 Å². The van der Waals surface area contributed by atoms with Crippen molar-refractivity contribution in [2.45, 2.75) is 58.2 Å². The second-order valence-electron chi connectivity index (χ2n) is 10.4. The van der Waals surface area contributed by atoms with Gasteiger partial charge in [-0.2, -0.15) is 13.2 Å². The van der Waals surface area contributed by atoms with E-state index in [1.807, 2.05) is 4.90 Å². The minimum Gasteiger partial charge on any atom is -0.475 e. The predicted molar refractivity (Wildman–Crippen MR) is 163 cm³/mol. The lowest BCUT2D eigenvalue weighted by molar-refractivity contribution is -0.192. The summed E-state index contributed by atoms with van der Waals surface area (Å²) in [5, 5.41) is 14.7. The van der Waals surface area contributed by atoms with Crippen LogP contribution in [0.2, 0.25) is 0 Å². The van der Waals surface area contributed by atoms with Gasteiger partial charge in [-0.25, -0.2) is 4.79 Å². The molecule has 0 bridgehead atoms. The minimum atomic E-state index is -5.08. The maximum atomic E-state index is 13.3. The van der Waals surface area contributed by atoms with Gasteiger partial charge in [0.15, 0.2) is 0 Å². The Kier molecular flexibility index (Phi) is 13.4. The lowest BCUT2D eigenvalue weighted by atomic mass is 9.92. The number of halogens is 3. The Balaban J connectivity index is 0.000000646. The molecule has 0 aliphatic rings. The normalized spacial score (nSPS) is 11.7. The number of hydrogen-bond donors (Lipinski definition) is 2. The maximum Gasteiger partial charge on any atom is 0.490 e. The zero-order valence-corrected chi connectivity index (χ0v) is 24.6. The Labute approximate surface area is 250 Å². The highest BCUT2D eigenvalue weighted by Gasteiger charge is 2.38. The van der Waals surface area contributed by atoms with Gasteiger partial charge in [-0.05, 0) is 44.3 Å². The smallest absolute Gasteiger partial charge is 0.475 e. The number of nitrogens with two attached hydrogens (primary N) is 1. The zero-order chi connectivity index (χ0) is 31.2. The first-order valence-electron chi connectivity index (χ1n) is 14.8. The van der Waals surface area contributed by atoms with E-state index in [-0.39, 0.29) is 5.91 Å². The Morgan fingerprint density at radius 3 is 2.02 bits per heavy atom. The monoisotopic (exact) mass is 602 g/mol. The minimum absolute atomic E-state index is 0.208. The number of amides is 1. The number of benzene rings is 4. The van der Waals surface area contributed by atoms with E-state index in [1.54, 1.807) is 0 Å². The van der Waals surface area contributed by atoms with Crippen LogP contribution in [0.5, 0.6) is 0 Å². The average molecular weight is 603 g/mol. The van der Waals surface area contributed by atoms with Crippen molar-refractivity contribution in [1.82, 2.24) is 4.90 Å². The van der Waals surface area contributed by atoms with Crippen molar-refractivity contribution in [3.8, 4) is 0 Å². The summed E-state index contributed by atoms with van der Waals surface area (Å²) >= 11 is 0. The van der Waals surface area contributed by atoms with Gasteiger partial charge in [0, 0.05) is 26.1 Å². The van der Waals surface area contributed by atoms with Crippen LogP contribution in [-0.2, 0) is 25.6 Å². The second kappa shape index (κ2) is 17.0. The van der Waals surface area contributed by atoms with E-state index in [0.29, 0.717) is 52.5 Å². The summed E-state index contributed by atoms with van der Waals surface area (Å²) in [6.45, 7) is 5.97. The van der Waals surface area contributed by atoms with Gasteiger partial charge in [-0.3, -0.25) is 4.79 Å². The van der Waals surface area contributed by atoms with Gasteiger partial charge in [0.05, 0.1) is 26.4 Å². The van der Waals surface area contributed by atoms with Crippen molar-refractivity contribution in [2.24, 2.45) is 5.73 Å². The highest BCUT2D eigenvalue weighted by molar-refractivity contribution is 6.23. The molecule has 3 N–H and O–H groups in total. The molecular weight excluding hydrogens is 561 g/mol. The quantitative estimate of drug-likeness (QED) is 0.107. The van der Waals surface area contributed by atoms with Gasteiger partial charge in [-0.15, -0.1) is 0 Å². The number of alkyl halides is 3. The molecule has 43 heavy (non-hydrogen) atoms. The van der Waals surface area contributed by atoms with E-state index in [2.05, 4.69) is 61.5 Å². The molecule has 7 nitrogen and oxygen atoms in total. The molecule has 0 heterocycles. The highest BCUT2D eigenvalue weighted by Crippen LogP contribution is 2.36. The molecule has 4 aromatic rings. The molecule has 0 saturated carbocycles. The van der Waals surface area contributed by atoms with Crippen molar-refractivity contribution < 1.29 is 37.3 Å². The lowest BCUT2D eigenvalue weighted by Crippen LogP contribution is -2.33. The average Bonchev–Trinajstić information content (AvgIpc) is 2.99. The van der Waals surface area contributed by atoms with E-state index in [0.717, 1.165) is 12.8 Å². The number of ether oxygens (including phenoxy) is 2. The highest BCUT2D eigenvalue weighted by atomic mass is 19.4. The summed E-state index contributed by atoms with van der Waals surface area (Å²) in [4.78, 5) is 24.2. The number of hydrogen-bond acceptors (Lipinski definition) is 5. The van der Waals surface area contributed by atoms with Crippen LogP contribution in [0.4, 0.5) is 13.2 Å². The van der Waals surface area contributed by atoms with E-state index < -0.39 is 12.1 Å². The molecule has 0 aromatic heterocycles. The Morgan fingerprint density at radius 1 is 0.814 bits per heavy atom. The van der Waals surface area contributed by atoms with Crippen LogP contribution in [0, 0.1) is 0 Å². The van der Waals surface area contributed by atoms with Crippen LogP contribution < -0.4 is 5.73 Å². The van der Waals surface area contributed by atoms with E-state index in [4.69, 9.17) is 25.1 Å². The summed E-state index contributed by atoms with van der Waals surface area (Å²) in [5.74, 6) is -2.55. The predicted octanol–water partition coefficient (Wildman–Crippen LogP) is 6.90. The van der Waals surface area contributed by atoms with E-state index in [1.165, 1.54) is 57.1 Å². The summed E-state index contributed by atoms with van der Waals surface area (Å²) < 4.78 is 42.9. The van der Waals surface area contributed by atoms with E-state index >= 15 is 0 Å². The SMILES string of the molecule is CCCCCCCC(=O)N(CCOCCOCCN)Cc1ccc2ccc3cccc4ccc1c2c34.O=C(O)C(F)(F)F. The largest absolute Gasteiger partial charge is 0.490 e. The summed E-state index contributed by atoms with van der Waals surface area (Å²) in [7, 11) is 0. The third-order valence-corrected chi connectivity index (χ3v) is 7.21. The molecule has 4 rings (SSSR count). The van der Waals surface area contributed by atoms with Crippen molar-refractivity contribution >= 4 is 44.2 Å². The first-order valence-corrected chi connectivity index (χ1v) is 14.8. The number of aliphatic carboxylic acids is 1. The van der Waals surface area contributed by atoms with Crippen molar-refractivity contribution in [3.05, 3.63) is 60.2 Å². The summed E-state index contributed by atoms with van der Waals surface area (Å²) in [6, 6.07) is 19.7. The third-order valence-electron chi connectivity index (χ3n) is 7.21. The molecule has 234 valence electrons. The van der Waals surface area contributed by atoms with Crippen molar-refractivity contribution in [2.75, 3.05) is 39.5 Å². The zero-order valence-electron chi connectivity index (χ0n) is 24.6. The Hall–Kier alpha value is -3.47. The molecule has 0 saturated heterocycles. The van der Waals surface area contributed by atoms with Crippen molar-refractivity contribution in [1.29, 1.82) is 0 Å². The number of carbonyl (C=O) groups is 2. The summed E-state index contributed by atoms with van der Waals surface area (Å²) in [5.41, 5.74) is 6.65. The van der Waals surface area contributed by atoms with Crippen LogP contribution in [-0.4, -0.2) is 67.6 Å². The number of rotatable bonds is 16.